The smallest absolute Gasteiger partial charge is 0.265 e. The van der Waals surface area contributed by atoms with Gasteiger partial charge in [0.15, 0.2) is 0 Å². The van der Waals surface area contributed by atoms with Crippen molar-refractivity contribution in [2.45, 2.75) is 11.8 Å². The number of primary sulfonamides is 1. The first-order chi connectivity index (χ1) is 9.29. The number of hydrogen-bond acceptors (Lipinski definition) is 4. The Labute approximate surface area is 129 Å². The fraction of sp³-hybridized carbons (Fsp3) is 0.0833. The van der Waals surface area contributed by atoms with Crippen LogP contribution in [0.15, 0.2) is 39.0 Å². The standard InChI is InChI=1S/C12H11BrN2O3S2/c1-7-8(3-2-4-10(7)20(14,17)18)15-12(16)9-5-6-11(13)19-9/h2-6H,1H3,(H,15,16)(H2,14,17,18). The van der Waals surface area contributed by atoms with Crippen LogP contribution in [0.3, 0.4) is 0 Å². The Hall–Kier alpha value is -1.22. The van der Waals surface area contributed by atoms with Crippen LogP contribution in [0.1, 0.15) is 15.2 Å². The van der Waals surface area contributed by atoms with Crippen LogP contribution in [0.25, 0.3) is 0 Å². The molecule has 1 amide bonds. The highest BCUT2D eigenvalue weighted by Crippen LogP contribution is 2.25. The topological polar surface area (TPSA) is 89.3 Å². The molecule has 0 aliphatic heterocycles. The van der Waals surface area contributed by atoms with E-state index in [0.29, 0.717) is 16.1 Å². The molecule has 0 radical (unpaired) electrons. The van der Waals surface area contributed by atoms with E-state index in [1.165, 1.54) is 23.5 Å². The lowest BCUT2D eigenvalue weighted by atomic mass is 10.2. The van der Waals surface area contributed by atoms with Crippen molar-refractivity contribution in [2.75, 3.05) is 5.32 Å². The maximum Gasteiger partial charge on any atom is 0.265 e. The van der Waals surface area contributed by atoms with E-state index < -0.39 is 10.0 Å². The zero-order valence-electron chi connectivity index (χ0n) is 10.4. The maximum atomic E-state index is 12.0. The molecule has 0 spiro atoms. The molecule has 0 aliphatic carbocycles. The van der Waals surface area contributed by atoms with Gasteiger partial charge < -0.3 is 5.32 Å². The molecule has 2 rings (SSSR count). The van der Waals surface area contributed by atoms with Gasteiger partial charge in [-0.3, -0.25) is 4.79 Å². The third kappa shape index (κ3) is 3.26. The fourth-order valence-corrected chi connectivity index (χ4v) is 3.76. The number of halogens is 1. The number of carbonyl (C=O) groups is 1. The first-order valence-corrected chi connectivity index (χ1v) is 8.64. The van der Waals surface area contributed by atoms with Crippen LogP contribution >= 0.6 is 27.3 Å². The van der Waals surface area contributed by atoms with E-state index in [1.54, 1.807) is 25.1 Å². The molecule has 2 aromatic rings. The zero-order valence-corrected chi connectivity index (χ0v) is 13.6. The molecule has 106 valence electrons. The average molecular weight is 375 g/mol. The Morgan fingerprint density at radius 3 is 2.55 bits per heavy atom. The van der Waals surface area contributed by atoms with Crippen molar-refractivity contribution in [3.05, 3.63) is 44.6 Å². The van der Waals surface area contributed by atoms with Gasteiger partial charge in [-0.25, -0.2) is 13.6 Å². The zero-order chi connectivity index (χ0) is 14.9. The molecule has 0 saturated heterocycles. The van der Waals surface area contributed by atoms with E-state index in [9.17, 15) is 13.2 Å². The molecule has 5 nitrogen and oxygen atoms in total. The van der Waals surface area contributed by atoms with E-state index in [-0.39, 0.29) is 10.8 Å². The summed E-state index contributed by atoms with van der Waals surface area (Å²) in [5.41, 5.74) is 0.838. The quantitative estimate of drug-likeness (QED) is 0.865. The number of amides is 1. The molecule has 0 bridgehead atoms. The summed E-state index contributed by atoms with van der Waals surface area (Å²) in [5.74, 6) is -0.296. The molecular weight excluding hydrogens is 364 g/mol. The Morgan fingerprint density at radius 2 is 2.00 bits per heavy atom. The molecule has 1 heterocycles. The highest BCUT2D eigenvalue weighted by molar-refractivity contribution is 9.11. The van der Waals surface area contributed by atoms with Crippen LogP contribution in [0.5, 0.6) is 0 Å². The van der Waals surface area contributed by atoms with Crippen molar-refractivity contribution >= 4 is 48.9 Å². The molecule has 1 aromatic carbocycles. The minimum Gasteiger partial charge on any atom is -0.321 e. The van der Waals surface area contributed by atoms with Crippen molar-refractivity contribution in [1.29, 1.82) is 0 Å². The van der Waals surface area contributed by atoms with Gasteiger partial charge in [-0.1, -0.05) is 6.07 Å². The van der Waals surface area contributed by atoms with Gasteiger partial charge in [-0.2, -0.15) is 0 Å². The van der Waals surface area contributed by atoms with Crippen molar-refractivity contribution in [1.82, 2.24) is 0 Å². The second-order valence-electron chi connectivity index (χ2n) is 4.03. The van der Waals surface area contributed by atoms with E-state index in [0.717, 1.165) is 3.79 Å². The molecule has 0 saturated carbocycles. The molecule has 0 atom stereocenters. The summed E-state index contributed by atoms with van der Waals surface area (Å²) >= 11 is 4.57. The monoisotopic (exact) mass is 374 g/mol. The van der Waals surface area contributed by atoms with Crippen LogP contribution in [-0.4, -0.2) is 14.3 Å². The lowest BCUT2D eigenvalue weighted by molar-refractivity contribution is 0.103. The van der Waals surface area contributed by atoms with Gasteiger partial charge in [-0.05, 0) is 52.7 Å². The molecule has 0 unspecified atom stereocenters. The summed E-state index contributed by atoms with van der Waals surface area (Å²) in [6, 6.07) is 8.02. The molecule has 20 heavy (non-hydrogen) atoms. The largest absolute Gasteiger partial charge is 0.321 e. The molecule has 1 aromatic heterocycles. The van der Waals surface area contributed by atoms with Gasteiger partial charge >= 0.3 is 0 Å². The summed E-state index contributed by atoms with van der Waals surface area (Å²) in [6.45, 7) is 1.60. The van der Waals surface area contributed by atoms with Crippen LogP contribution < -0.4 is 10.5 Å². The van der Waals surface area contributed by atoms with Crippen LogP contribution in [-0.2, 0) is 10.0 Å². The summed E-state index contributed by atoms with van der Waals surface area (Å²) in [7, 11) is -3.81. The minimum atomic E-state index is -3.81. The first-order valence-electron chi connectivity index (χ1n) is 5.48. The number of nitrogens with one attached hydrogen (secondary N) is 1. The number of hydrogen-bond donors (Lipinski definition) is 2. The number of rotatable bonds is 3. The van der Waals surface area contributed by atoms with E-state index in [2.05, 4.69) is 21.2 Å². The third-order valence-corrected chi connectivity index (χ3v) is 5.31. The van der Waals surface area contributed by atoms with E-state index in [4.69, 9.17) is 5.14 Å². The predicted molar refractivity (Wildman–Crippen MR) is 82.5 cm³/mol. The summed E-state index contributed by atoms with van der Waals surface area (Å²) < 4.78 is 23.7. The van der Waals surface area contributed by atoms with E-state index >= 15 is 0 Å². The average Bonchev–Trinajstić information content (AvgIpc) is 2.77. The predicted octanol–water partition coefficient (Wildman–Crippen LogP) is 2.72. The fourth-order valence-electron chi connectivity index (χ4n) is 1.68. The highest BCUT2D eigenvalue weighted by Gasteiger charge is 2.16. The molecule has 0 aliphatic rings. The normalized spacial score (nSPS) is 11.3. The molecule has 3 N–H and O–H groups in total. The van der Waals surface area contributed by atoms with Crippen molar-refractivity contribution in [3.8, 4) is 0 Å². The summed E-state index contributed by atoms with van der Waals surface area (Å²) in [4.78, 5) is 12.6. The molecule has 0 fully saturated rings. The SMILES string of the molecule is Cc1c(NC(=O)c2ccc(Br)s2)cccc1S(N)(=O)=O. The van der Waals surface area contributed by atoms with Crippen molar-refractivity contribution in [3.63, 3.8) is 0 Å². The van der Waals surface area contributed by atoms with Crippen LogP contribution in [0.4, 0.5) is 5.69 Å². The van der Waals surface area contributed by atoms with Crippen molar-refractivity contribution in [2.24, 2.45) is 5.14 Å². The van der Waals surface area contributed by atoms with Gasteiger partial charge in [0.25, 0.3) is 5.91 Å². The first kappa shape index (κ1) is 15.2. The maximum absolute atomic E-state index is 12.0. The van der Waals surface area contributed by atoms with E-state index in [1.807, 2.05) is 0 Å². The Bertz CT molecular complexity index is 769. The highest BCUT2D eigenvalue weighted by atomic mass is 79.9. The second kappa shape index (κ2) is 5.65. The Kier molecular flexibility index (Phi) is 4.28. The third-order valence-electron chi connectivity index (χ3n) is 2.64. The number of benzene rings is 1. The number of carbonyl (C=O) groups excluding carboxylic acids is 1. The van der Waals surface area contributed by atoms with Gasteiger partial charge in [0, 0.05) is 5.69 Å². The number of sulfonamides is 1. The summed E-state index contributed by atoms with van der Waals surface area (Å²) in [5, 5.41) is 7.81. The Morgan fingerprint density at radius 1 is 1.30 bits per heavy atom. The van der Waals surface area contributed by atoms with Gasteiger partial charge in [0.1, 0.15) is 0 Å². The lowest BCUT2D eigenvalue weighted by Crippen LogP contribution is -2.16. The van der Waals surface area contributed by atoms with Gasteiger partial charge in [0.05, 0.1) is 13.6 Å². The number of nitrogens with two attached hydrogens (primary N) is 1. The lowest BCUT2D eigenvalue weighted by Gasteiger charge is -2.10. The van der Waals surface area contributed by atoms with Crippen LogP contribution in [0, 0.1) is 6.92 Å². The molecular formula is C12H11BrN2O3S2. The Balaban J connectivity index is 2.33. The second-order valence-corrected chi connectivity index (χ2v) is 8.02. The van der Waals surface area contributed by atoms with Crippen molar-refractivity contribution < 1.29 is 13.2 Å². The summed E-state index contributed by atoms with van der Waals surface area (Å²) in [6.07, 6.45) is 0. The number of thiophene rings is 1. The van der Waals surface area contributed by atoms with Gasteiger partial charge in [0.2, 0.25) is 10.0 Å². The number of anilines is 1. The van der Waals surface area contributed by atoms with Crippen LogP contribution in [0.2, 0.25) is 0 Å². The molecule has 8 heteroatoms. The van der Waals surface area contributed by atoms with Gasteiger partial charge in [-0.15, -0.1) is 11.3 Å². The minimum absolute atomic E-state index is 0.00246.